The van der Waals surface area contributed by atoms with Crippen LogP contribution < -0.4 is 5.32 Å². The molecule has 1 N–H and O–H groups in total. The van der Waals surface area contributed by atoms with Gasteiger partial charge in [-0.15, -0.1) is 0 Å². The van der Waals surface area contributed by atoms with Crippen LogP contribution in [0.3, 0.4) is 0 Å². The monoisotopic (exact) mass is 472 g/mol. The third kappa shape index (κ3) is 5.35. The van der Waals surface area contributed by atoms with Crippen molar-refractivity contribution in [1.29, 1.82) is 0 Å². The van der Waals surface area contributed by atoms with Crippen LogP contribution in [0.4, 0.5) is 5.69 Å². The first-order valence-electron chi connectivity index (χ1n) is 10.7. The number of hydrogen-bond acceptors (Lipinski definition) is 6. The molecule has 7 nitrogen and oxygen atoms in total. The molecule has 0 bridgehead atoms. The molecule has 0 atom stereocenters. The number of hydrogen-bond donors (Lipinski definition) is 1. The minimum Gasteiger partial charge on any atom is -0.452 e. The first kappa shape index (κ1) is 23.3. The third-order valence-electron chi connectivity index (χ3n) is 5.12. The predicted octanol–water partition coefficient (Wildman–Crippen LogP) is 5.14. The number of nitrogens with one attached hydrogen (secondary N) is 1. The minimum absolute atomic E-state index is 0.309. The third-order valence-corrected chi connectivity index (χ3v) is 6.14. The Balaban J connectivity index is 1.41. The number of amides is 1. The number of pyridine rings is 1. The molecule has 0 unspecified atom stereocenters. The summed E-state index contributed by atoms with van der Waals surface area (Å²) in [7, 11) is 0. The Morgan fingerprint density at radius 1 is 0.971 bits per heavy atom. The van der Waals surface area contributed by atoms with Crippen LogP contribution in [0, 0.1) is 20.8 Å². The van der Waals surface area contributed by atoms with Gasteiger partial charge in [0, 0.05) is 11.1 Å². The smallest absolute Gasteiger partial charge is 0.341 e. The van der Waals surface area contributed by atoms with Crippen LogP contribution in [-0.4, -0.2) is 33.2 Å². The highest BCUT2D eigenvalue weighted by atomic mass is 32.2. The van der Waals surface area contributed by atoms with E-state index >= 15 is 0 Å². The number of carbonyl (C=O) groups is 2. The second-order valence-corrected chi connectivity index (χ2v) is 8.75. The molecule has 8 heteroatoms. The predicted molar refractivity (Wildman–Crippen MR) is 131 cm³/mol. The van der Waals surface area contributed by atoms with E-state index in [1.165, 1.54) is 11.8 Å². The molecule has 0 radical (unpaired) electrons. The largest absolute Gasteiger partial charge is 0.452 e. The van der Waals surface area contributed by atoms with Crippen LogP contribution in [-0.2, 0) is 9.53 Å². The van der Waals surface area contributed by atoms with Crippen molar-refractivity contribution in [2.75, 3.05) is 11.9 Å². The van der Waals surface area contributed by atoms with E-state index in [9.17, 15) is 9.59 Å². The molecule has 1 amide bonds. The molecule has 0 fully saturated rings. The Morgan fingerprint density at radius 2 is 1.71 bits per heavy atom. The Labute approximate surface area is 202 Å². The first-order valence-corrected chi connectivity index (χ1v) is 11.5. The van der Waals surface area contributed by atoms with Gasteiger partial charge >= 0.3 is 5.97 Å². The standard InChI is InChI=1S/C26H24N4O3S/c1-17-11-13-20(14-12-17)30-19(3)24(18(2)29-30)28-23(31)16-33-26(32)22-10-7-15-27-25(22)34-21-8-5-4-6-9-21/h4-15H,16H2,1-3H3,(H,28,31). The van der Waals surface area contributed by atoms with Gasteiger partial charge in [0.15, 0.2) is 6.61 Å². The van der Waals surface area contributed by atoms with E-state index in [0.717, 1.165) is 21.8 Å². The number of anilines is 1. The fourth-order valence-corrected chi connectivity index (χ4v) is 4.26. The van der Waals surface area contributed by atoms with E-state index in [0.29, 0.717) is 22.0 Å². The molecular formula is C26H24N4O3S. The van der Waals surface area contributed by atoms with Crippen molar-refractivity contribution in [3.05, 3.63) is 95.4 Å². The van der Waals surface area contributed by atoms with Crippen molar-refractivity contribution >= 4 is 29.3 Å². The van der Waals surface area contributed by atoms with E-state index in [-0.39, 0.29) is 0 Å². The highest BCUT2D eigenvalue weighted by Gasteiger charge is 2.19. The van der Waals surface area contributed by atoms with Gasteiger partial charge in [-0.05, 0) is 57.2 Å². The van der Waals surface area contributed by atoms with Gasteiger partial charge in [0.25, 0.3) is 5.91 Å². The molecular weight excluding hydrogens is 448 g/mol. The summed E-state index contributed by atoms with van der Waals surface area (Å²) in [5, 5.41) is 7.88. The summed E-state index contributed by atoms with van der Waals surface area (Å²) in [6.07, 6.45) is 1.62. The maximum absolute atomic E-state index is 12.7. The van der Waals surface area contributed by atoms with E-state index < -0.39 is 18.5 Å². The molecule has 0 aliphatic heterocycles. The van der Waals surface area contributed by atoms with Gasteiger partial charge < -0.3 is 10.1 Å². The number of nitrogens with zero attached hydrogens (tertiary/aromatic N) is 3. The molecule has 0 saturated carbocycles. The maximum Gasteiger partial charge on any atom is 0.341 e. The Hall–Kier alpha value is -3.91. The fraction of sp³-hybridized carbons (Fsp3) is 0.154. The summed E-state index contributed by atoms with van der Waals surface area (Å²) in [5.74, 6) is -1.05. The van der Waals surface area contributed by atoms with Gasteiger partial charge in [-0.25, -0.2) is 14.5 Å². The number of aromatic nitrogens is 3. The zero-order valence-electron chi connectivity index (χ0n) is 19.1. The van der Waals surface area contributed by atoms with Crippen molar-refractivity contribution < 1.29 is 14.3 Å². The van der Waals surface area contributed by atoms with Gasteiger partial charge in [0.2, 0.25) is 0 Å². The summed E-state index contributed by atoms with van der Waals surface area (Å²) in [5.41, 5.74) is 4.42. The molecule has 0 aliphatic rings. The van der Waals surface area contributed by atoms with Crippen molar-refractivity contribution in [2.45, 2.75) is 30.7 Å². The Kier molecular flexibility index (Phi) is 7.08. The molecule has 2 aromatic carbocycles. The molecule has 2 aromatic heterocycles. The topological polar surface area (TPSA) is 86.1 Å². The van der Waals surface area contributed by atoms with Crippen LogP contribution in [0.5, 0.6) is 0 Å². The van der Waals surface area contributed by atoms with Gasteiger partial charge in [0.05, 0.1) is 28.3 Å². The quantitative estimate of drug-likeness (QED) is 0.375. The number of esters is 1. The second kappa shape index (κ2) is 10.4. The van der Waals surface area contributed by atoms with Crippen molar-refractivity contribution in [2.24, 2.45) is 0 Å². The van der Waals surface area contributed by atoms with Gasteiger partial charge in [0.1, 0.15) is 5.03 Å². The maximum atomic E-state index is 12.7. The van der Waals surface area contributed by atoms with Gasteiger partial charge in [-0.1, -0.05) is 47.7 Å². The molecule has 4 aromatic rings. The lowest BCUT2D eigenvalue weighted by Gasteiger charge is -2.10. The molecule has 2 heterocycles. The number of carbonyl (C=O) groups excluding carboxylic acids is 2. The van der Waals surface area contributed by atoms with Crippen molar-refractivity contribution in [1.82, 2.24) is 14.8 Å². The molecule has 0 saturated heterocycles. The second-order valence-electron chi connectivity index (χ2n) is 7.69. The normalized spacial score (nSPS) is 10.7. The summed E-state index contributed by atoms with van der Waals surface area (Å²) in [6, 6.07) is 20.9. The van der Waals surface area contributed by atoms with E-state index in [1.54, 1.807) is 23.0 Å². The number of ether oxygens (including phenoxy) is 1. The van der Waals surface area contributed by atoms with Crippen LogP contribution in [0.15, 0.2) is 82.8 Å². The van der Waals surface area contributed by atoms with Crippen LogP contribution in [0.1, 0.15) is 27.3 Å². The summed E-state index contributed by atoms with van der Waals surface area (Å²) < 4.78 is 7.07. The molecule has 4 rings (SSSR count). The highest BCUT2D eigenvalue weighted by molar-refractivity contribution is 7.99. The van der Waals surface area contributed by atoms with E-state index in [1.807, 2.05) is 75.4 Å². The minimum atomic E-state index is -0.606. The van der Waals surface area contributed by atoms with Gasteiger partial charge in [-0.2, -0.15) is 5.10 Å². The zero-order valence-corrected chi connectivity index (χ0v) is 19.9. The lowest BCUT2D eigenvalue weighted by Crippen LogP contribution is -2.22. The van der Waals surface area contributed by atoms with Crippen molar-refractivity contribution in [3.63, 3.8) is 0 Å². The SMILES string of the molecule is Cc1ccc(-n2nc(C)c(NC(=O)COC(=O)c3cccnc3Sc3ccccc3)c2C)cc1. The van der Waals surface area contributed by atoms with Crippen molar-refractivity contribution in [3.8, 4) is 5.69 Å². The van der Waals surface area contributed by atoms with Crippen LogP contribution >= 0.6 is 11.8 Å². The van der Waals surface area contributed by atoms with Gasteiger partial charge in [-0.3, -0.25) is 4.79 Å². The number of rotatable bonds is 7. The average Bonchev–Trinajstić information content (AvgIpc) is 3.12. The highest BCUT2D eigenvalue weighted by Crippen LogP contribution is 2.29. The first-order chi connectivity index (χ1) is 16.4. The van der Waals surface area contributed by atoms with Crippen LogP contribution in [0.25, 0.3) is 5.69 Å². The average molecular weight is 473 g/mol. The zero-order chi connectivity index (χ0) is 24.1. The summed E-state index contributed by atoms with van der Waals surface area (Å²) >= 11 is 1.36. The Morgan fingerprint density at radius 3 is 2.44 bits per heavy atom. The molecule has 0 spiro atoms. The number of aryl methyl sites for hydroxylation is 2. The molecule has 172 valence electrons. The lowest BCUT2D eigenvalue weighted by atomic mass is 10.2. The molecule has 0 aliphatic carbocycles. The van der Waals surface area contributed by atoms with E-state index in [2.05, 4.69) is 15.4 Å². The lowest BCUT2D eigenvalue weighted by molar-refractivity contribution is -0.119. The number of benzene rings is 2. The van der Waals surface area contributed by atoms with Crippen LogP contribution in [0.2, 0.25) is 0 Å². The fourth-order valence-electron chi connectivity index (χ4n) is 3.37. The Bertz CT molecular complexity index is 1320. The van der Waals surface area contributed by atoms with E-state index in [4.69, 9.17) is 4.74 Å². The molecule has 34 heavy (non-hydrogen) atoms. The summed E-state index contributed by atoms with van der Waals surface area (Å²) in [6.45, 7) is 5.30. The summed E-state index contributed by atoms with van der Waals surface area (Å²) in [4.78, 5) is 30.5.